The lowest BCUT2D eigenvalue weighted by molar-refractivity contribution is -0.145. The van der Waals surface area contributed by atoms with E-state index in [1.54, 1.807) is 4.90 Å². The molecular formula is C11H16N2O3. The van der Waals surface area contributed by atoms with Gasteiger partial charge in [0.25, 0.3) is 0 Å². The van der Waals surface area contributed by atoms with Crippen LogP contribution in [0.15, 0.2) is 0 Å². The number of fused-ring (bicyclic) bond motifs is 2. The fourth-order valence-electron chi connectivity index (χ4n) is 3.83. The second-order valence-electron chi connectivity index (χ2n) is 5.11. The SMILES string of the molecule is O=C(O)C1C2CCC(C2)C1N1CCNC1=O. The number of nitrogens with one attached hydrogen (secondary N) is 1. The summed E-state index contributed by atoms with van der Waals surface area (Å²) in [5.74, 6) is -0.352. The van der Waals surface area contributed by atoms with E-state index in [4.69, 9.17) is 0 Å². The van der Waals surface area contributed by atoms with Gasteiger partial charge in [0, 0.05) is 19.1 Å². The Morgan fingerprint density at radius 2 is 2.12 bits per heavy atom. The van der Waals surface area contributed by atoms with E-state index in [2.05, 4.69) is 5.32 Å². The van der Waals surface area contributed by atoms with Crippen molar-refractivity contribution in [3.05, 3.63) is 0 Å². The van der Waals surface area contributed by atoms with Gasteiger partial charge in [-0.25, -0.2) is 4.79 Å². The average Bonchev–Trinajstić information content (AvgIpc) is 2.90. The standard InChI is InChI=1S/C11H16N2O3/c14-10(15)8-6-1-2-7(5-6)9(8)13-4-3-12-11(13)16/h6-9H,1-5H2,(H,12,16)(H,14,15). The summed E-state index contributed by atoms with van der Waals surface area (Å²) in [6.45, 7) is 1.32. The van der Waals surface area contributed by atoms with Crippen molar-refractivity contribution in [3.63, 3.8) is 0 Å². The number of carboxylic acids is 1. The molecule has 2 bridgehead atoms. The summed E-state index contributed by atoms with van der Waals surface area (Å²) in [6, 6.07) is -0.137. The maximum atomic E-state index is 11.6. The van der Waals surface area contributed by atoms with Crippen LogP contribution in [0.4, 0.5) is 4.79 Å². The maximum absolute atomic E-state index is 11.6. The summed E-state index contributed by atoms with van der Waals surface area (Å²) in [5, 5.41) is 12.1. The highest BCUT2D eigenvalue weighted by molar-refractivity contribution is 5.79. The zero-order valence-electron chi connectivity index (χ0n) is 9.06. The van der Waals surface area contributed by atoms with Crippen molar-refractivity contribution in [2.45, 2.75) is 25.3 Å². The molecule has 5 heteroatoms. The van der Waals surface area contributed by atoms with Crippen molar-refractivity contribution in [2.24, 2.45) is 17.8 Å². The second-order valence-corrected chi connectivity index (χ2v) is 5.11. The molecule has 3 rings (SSSR count). The molecular weight excluding hydrogens is 208 g/mol. The van der Waals surface area contributed by atoms with E-state index in [9.17, 15) is 14.7 Å². The molecule has 0 aromatic carbocycles. The Labute approximate surface area is 93.8 Å². The normalized spacial score (nSPS) is 41.5. The van der Waals surface area contributed by atoms with Gasteiger partial charge in [0.15, 0.2) is 0 Å². The van der Waals surface area contributed by atoms with E-state index < -0.39 is 5.97 Å². The van der Waals surface area contributed by atoms with Gasteiger partial charge in [0.1, 0.15) is 0 Å². The van der Waals surface area contributed by atoms with E-state index in [1.807, 2.05) is 0 Å². The molecule has 2 N–H and O–H groups in total. The third-order valence-corrected chi connectivity index (χ3v) is 4.41. The number of aliphatic carboxylic acids is 1. The first-order valence-electron chi connectivity index (χ1n) is 5.96. The topological polar surface area (TPSA) is 69.6 Å². The Morgan fingerprint density at radius 3 is 2.75 bits per heavy atom. The monoisotopic (exact) mass is 224 g/mol. The van der Waals surface area contributed by atoms with Crippen LogP contribution in [0.1, 0.15) is 19.3 Å². The summed E-state index contributed by atoms with van der Waals surface area (Å²) in [7, 11) is 0. The van der Waals surface area contributed by atoms with Gasteiger partial charge in [-0.3, -0.25) is 4.79 Å². The van der Waals surface area contributed by atoms with Crippen LogP contribution in [0.25, 0.3) is 0 Å². The van der Waals surface area contributed by atoms with Gasteiger partial charge >= 0.3 is 12.0 Å². The van der Waals surface area contributed by atoms with Crippen LogP contribution in [0, 0.1) is 17.8 Å². The molecule has 5 nitrogen and oxygen atoms in total. The molecule has 0 radical (unpaired) electrons. The number of carboxylic acid groups (broad SMARTS) is 1. The molecule has 4 unspecified atom stereocenters. The molecule has 4 atom stereocenters. The van der Waals surface area contributed by atoms with Gasteiger partial charge in [-0.05, 0) is 31.1 Å². The largest absolute Gasteiger partial charge is 0.481 e. The Balaban J connectivity index is 1.87. The molecule has 1 heterocycles. The van der Waals surface area contributed by atoms with Crippen molar-refractivity contribution >= 4 is 12.0 Å². The number of carbonyl (C=O) groups is 2. The van der Waals surface area contributed by atoms with Gasteiger partial charge in [0.2, 0.25) is 0 Å². The molecule has 2 saturated carbocycles. The fourth-order valence-corrected chi connectivity index (χ4v) is 3.83. The van der Waals surface area contributed by atoms with Crippen LogP contribution in [0.5, 0.6) is 0 Å². The van der Waals surface area contributed by atoms with E-state index in [1.165, 1.54) is 0 Å². The van der Waals surface area contributed by atoms with Crippen LogP contribution in [-0.2, 0) is 4.79 Å². The number of rotatable bonds is 2. The van der Waals surface area contributed by atoms with Crippen molar-refractivity contribution in [1.82, 2.24) is 10.2 Å². The summed E-state index contributed by atoms with van der Waals surface area (Å²) >= 11 is 0. The lowest BCUT2D eigenvalue weighted by atomic mass is 9.83. The summed E-state index contributed by atoms with van der Waals surface area (Å²) in [5.41, 5.74) is 0. The average molecular weight is 224 g/mol. The van der Waals surface area contributed by atoms with Crippen LogP contribution in [-0.4, -0.2) is 41.1 Å². The molecule has 3 fully saturated rings. The van der Waals surface area contributed by atoms with Gasteiger partial charge in [0.05, 0.1) is 5.92 Å². The number of urea groups is 1. The molecule has 1 aliphatic heterocycles. The quantitative estimate of drug-likeness (QED) is 0.718. The molecule has 0 aromatic heterocycles. The minimum atomic E-state index is -0.725. The molecule has 3 aliphatic rings. The Kier molecular flexibility index (Phi) is 2.09. The molecule has 16 heavy (non-hydrogen) atoms. The number of hydrogen-bond donors (Lipinski definition) is 2. The fraction of sp³-hybridized carbons (Fsp3) is 0.818. The van der Waals surface area contributed by atoms with Gasteiger partial charge in [-0.1, -0.05) is 0 Å². The van der Waals surface area contributed by atoms with Crippen molar-refractivity contribution < 1.29 is 14.7 Å². The second kappa shape index (κ2) is 3.37. The predicted octanol–water partition coefficient (Wildman–Crippen LogP) is 0.511. The highest BCUT2D eigenvalue weighted by Crippen LogP contribution is 2.50. The Bertz CT molecular complexity index is 344. The van der Waals surface area contributed by atoms with E-state index in [0.717, 1.165) is 19.3 Å². The first-order chi connectivity index (χ1) is 7.68. The molecule has 2 aliphatic carbocycles. The summed E-state index contributed by atoms with van der Waals surface area (Å²) in [6.07, 6.45) is 3.10. The zero-order chi connectivity index (χ0) is 11.3. The van der Waals surface area contributed by atoms with Crippen LogP contribution < -0.4 is 5.32 Å². The molecule has 2 amide bonds. The summed E-state index contributed by atoms with van der Waals surface area (Å²) < 4.78 is 0. The smallest absolute Gasteiger partial charge is 0.317 e. The zero-order valence-corrected chi connectivity index (χ0v) is 9.06. The predicted molar refractivity (Wildman–Crippen MR) is 55.8 cm³/mol. The molecule has 1 saturated heterocycles. The van der Waals surface area contributed by atoms with Crippen LogP contribution in [0.2, 0.25) is 0 Å². The number of carbonyl (C=O) groups excluding carboxylic acids is 1. The Hall–Kier alpha value is -1.26. The van der Waals surface area contributed by atoms with Gasteiger partial charge in [-0.2, -0.15) is 0 Å². The van der Waals surface area contributed by atoms with Crippen molar-refractivity contribution in [3.8, 4) is 0 Å². The molecule has 88 valence electrons. The minimum absolute atomic E-state index is 0.0567. The van der Waals surface area contributed by atoms with E-state index >= 15 is 0 Å². The van der Waals surface area contributed by atoms with E-state index in [0.29, 0.717) is 24.9 Å². The highest BCUT2D eigenvalue weighted by Gasteiger charge is 2.54. The third-order valence-electron chi connectivity index (χ3n) is 4.41. The number of nitrogens with zero attached hydrogens (tertiary/aromatic N) is 1. The lowest BCUT2D eigenvalue weighted by Crippen LogP contribution is -2.48. The maximum Gasteiger partial charge on any atom is 0.317 e. The lowest BCUT2D eigenvalue weighted by Gasteiger charge is -2.34. The van der Waals surface area contributed by atoms with E-state index in [-0.39, 0.29) is 18.0 Å². The number of hydrogen-bond acceptors (Lipinski definition) is 2. The summed E-state index contributed by atoms with van der Waals surface area (Å²) in [4.78, 5) is 24.7. The minimum Gasteiger partial charge on any atom is -0.481 e. The van der Waals surface area contributed by atoms with Crippen molar-refractivity contribution in [1.29, 1.82) is 0 Å². The highest BCUT2D eigenvalue weighted by atomic mass is 16.4. The molecule has 0 spiro atoms. The van der Waals surface area contributed by atoms with Gasteiger partial charge in [-0.15, -0.1) is 0 Å². The van der Waals surface area contributed by atoms with Crippen LogP contribution >= 0.6 is 0 Å². The first-order valence-corrected chi connectivity index (χ1v) is 5.96. The first kappa shape index (κ1) is 9.93. The number of amides is 2. The molecule has 0 aromatic rings. The third kappa shape index (κ3) is 1.23. The van der Waals surface area contributed by atoms with Crippen molar-refractivity contribution in [2.75, 3.05) is 13.1 Å². The van der Waals surface area contributed by atoms with Crippen LogP contribution in [0.3, 0.4) is 0 Å². The van der Waals surface area contributed by atoms with Gasteiger partial charge < -0.3 is 15.3 Å². The Morgan fingerprint density at radius 1 is 1.38 bits per heavy atom.